The highest BCUT2D eigenvalue weighted by atomic mass is 16.7. The zero-order valence-corrected chi connectivity index (χ0v) is 16.7. The molecule has 0 amide bonds. The first-order valence-corrected chi connectivity index (χ1v) is 10.1. The number of piperidine rings is 3. The summed E-state index contributed by atoms with van der Waals surface area (Å²) in [6.07, 6.45) is 4.74. The van der Waals surface area contributed by atoms with Crippen molar-refractivity contribution in [2.45, 2.75) is 44.9 Å². The number of aliphatic hydroxyl groups is 1. The van der Waals surface area contributed by atoms with Crippen LogP contribution in [0, 0.1) is 11.8 Å². The highest BCUT2D eigenvalue weighted by Crippen LogP contribution is 2.46. The van der Waals surface area contributed by atoms with E-state index in [-0.39, 0.29) is 6.04 Å². The van der Waals surface area contributed by atoms with E-state index in [0.29, 0.717) is 23.1 Å². The van der Waals surface area contributed by atoms with E-state index in [0.717, 1.165) is 43.3 Å². The van der Waals surface area contributed by atoms with Gasteiger partial charge in [0.2, 0.25) is 0 Å². The van der Waals surface area contributed by atoms with Crippen LogP contribution in [0.4, 0.5) is 0 Å². The van der Waals surface area contributed by atoms with Gasteiger partial charge >= 0.3 is 5.97 Å². The van der Waals surface area contributed by atoms with Crippen molar-refractivity contribution in [3.05, 3.63) is 36.0 Å². The van der Waals surface area contributed by atoms with Crippen molar-refractivity contribution in [3.8, 4) is 5.75 Å². The van der Waals surface area contributed by atoms with E-state index in [9.17, 15) is 9.90 Å². The number of methoxy groups -OCH3 is 1. The number of benzene rings is 1. The quantitative estimate of drug-likeness (QED) is 0.631. The number of carbonyl (C=O) groups is 1. The maximum Gasteiger partial charge on any atom is 0.305 e. The van der Waals surface area contributed by atoms with Crippen molar-refractivity contribution >= 4 is 16.9 Å². The highest BCUT2D eigenvalue weighted by Gasteiger charge is 2.52. The molecule has 1 aromatic carbocycles. The number of esters is 1. The van der Waals surface area contributed by atoms with Gasteiger partial charge in [-0.1, -0.05) is 13.3 Å². The van der Waals surface area contributed by atoms with Crippen molar-refractivity contribution in [2.75, 3.05) is 20.2 Å². The Morgan fingerprint density at radius 1 is 1.39 bits per heavy atom. The molecule has 1 aromatic heterocycles. The molecule has 5 rings (SSSR count). The number of aromatic nitrogens is 1. The van der Waals surface area contributed by atoms with Gasteiger partial charge in [-0.15, -0.1) is 0 Å². The molecule has 3 aliphatic heterocycles. The van der Waals surface area contributed by atoms with Crippen LogP contribution in [0.2, 0.25) is 0 Å². The second-order valence-electron chi connectivity index (χ2n) is 8.00. The van der Waals surface area contributed by atoms with Gasteiger partial charge in [0.25, 0.3) is 5.79 Å². The van der Waals surface area contributed by atoms with Crippen molar-refractivity contribution in [2.24, 2.45) is 11.8 Å². The van der Waals surface area contributed by atoms with E-state index >= 15 is 0 Å². The third-order valence-electron chi connectivity index (χ3n) is 6.50. The van der Waals surface area contributed by atoms with Gasteiger partial charge in [0.1, 0.15) is 5.75 Å². The molecule has 6 heteroatoms. The number of nitrogens with zero attached hydrogens (tertiary/aromatic N) is 2. The first-order valence-electron chi connectivity index (χ1n) is 10.1. The fraction of sp³-hybridized carbons (Fsp3) is 0.545. The molecule has 4 heterocycles. The smallest absolute Gasteiger partial charge is 0.305 e. The molecule has 5 atom stereocenters. The predicted octanol–water partition coefficient (Wildman–Crippen LogP) is 3.07. The fourth-order valence-corrected chi connectivity index (χ4v) is 5.09. The minimum Gasteiger partial charge on any atom is -0.497 e. The number of rotatable bonds is 5. The maximum absolute atomic E-state index is 12.0. The first-order chi connectivity index (χ1) is 13.5. The number of ether oxygens (including phenoxy) is 2. The largest absolute Gasteiger partial charge is 0.497 e. The Hall–Kier alpha value is -2.18. The molecule has 1 N–H and O–H groups in total. The van der Waals surface area contributed by atoms with E-state index in [2.05, 4.69) is 16.8 Å². The highest BCUT2D eigenvalue weighted by molar-refractivity contribution is 5.84. The summed E-state index contributed by atoms with van der Waals surface area (Å²) in [6.45, 7) is 5.42. The summed E-state index contributed by atoms with van der Waals surface area (Å²) in [6, 6.07) is 7.02. The Labute approximate surface area is 165 Å². The molecule has 150 valence electrons. The fourth-order valence-electron chi connectivity index (χ4n) is 5.09. The van der Waals surface area contributed by atoms with Crippen LogP contribution < -0.4 is 4.74 Å². The SMILES string of the molecule is CC[C@H]1CN2CC[C@H]1C[C@@H]2[C@@](O)(OC(C)=O)c1ccnc2ccc(OC)cc12. The molecule has 2 aromatic rings. The molecule has 1 unspecified atom stereocenters. The second-order valence-corrected chi connectivity index (χ2v) is 8.00. The van der Waals surface area contributed by atoms with Gasteiger partial charge in [-0.25, -0.2) is 0 Å². The number of hydrogen-bond acceptors (Lipinski definition) is 6. The lowest BCUT2D eigenvalue weighted by Gasteiger charge is -2.54. The van der Waals surface area contributed by atoms with Gasteiger partial charge in [-0.2, -0.15) is 0 Å². The zero-order valence-electron chi connectivity index (χ0n) is 16.7. The van der Waals surface area contributed by atoms with Crippen molar-refractivity contribution in [1.29, 1.82) is 0 Å². The third kappa shape index (κ3) is 3.14. The minimum atomic E-state index is -1.73. The molecule has 28 heavy (non-hydrogen) atoms. The number of fused-ring (bicyclic) bond motifs is 4. The van der Waals surface area contributed by atoms with Crippen LogP contribution in [0.1, 0.15) is 38.7 Å². The van der Waals surface area contributed by atoms with Gasteiger partial charge in [-0.05, 0) is 55.5 Å². The van der Waals surface area contributed by atoms with Crippen molar-refractivity contribution < 1.29 is 19.4 Å². The standard InChI is InChI=1S/C22H28N2O4/c1-4-15-13-24-10-8-16(15)11-21(24)22(26,28-14(2)25)19-7-9-23-20-6-5-17(27-3)12-18(19)20/h5-7,9,12,15-16,21,26H,4,8,10-11,13H2,1-3H3/t15-,16-,21+,22-/m0/s1. The molecule has 3 aliphatic rings. The summed E-state index contributed by atoms with van der Waals surface area (Å²) in [5.74, 6) is -0.365. The van der Waals surface area contributed by atoms with Gasteiger partial charge in [0.05, 0.1) is 18.7 Å². The second kappa shape index (κ2) is 7.33. The van der Waals surface area contributed by atoms with E-state index < -0.39 is 11.8 Å². The maximum atomic E-state index is 12.0. The molecule has 2 bridgehead atoms. The third-order valence-corrected chi connectivity index (χ3v) is 6.50. The summed E-state index contributed by atoms with van der Waals surface area (Å²) in [5, 5.41) is 12.6. The van der Waals surface area contributed by atoms with Gasteiger partial charge in [0.15, 0.2) is 0 Å². The average molecular weight is 384 g/mol. The zero-order chi connectivity index (χ0) is 19.9. The number of carbonyl (C=O) groups excluding carboxylic acids is 1. The summed E-state index contributed by atoms with van der Waals surface area (Å²) in [5.41, 5.74) is 1.29. The van der Waals surface area contributed by atoms with Gasteiger partial charge < -0.3 is 14.6 Å². The molecule has 3 fully saturated rings. The molecular formula is C22H28N2O4. The van der Waals surface area contributed by atoms with Gasteiger partial charge in [-0.3, -0.25) is 14.7 Å². The van der Waals surface area contributed by atoms with Crippen LogP contribution in [0.15, 0.2) is 30.5 Å². The predicted molar refractivity (Wildman–Crippen MR) is 106 cm³/mol. The minimum absolute atomic E-state index is 0.269. The molecule has 0 spiro atoms. The molecule has 3 saturated heterocycles. The summed E-state index contributed by atoms with van der Waals surface area (Å²) in [4.78, 5) is 18.7. The normalized spacial score (nSPS) is 28.7. The van der Waals surface area contributed by atoms with E-state index in [1.807, 2.05) is 18.2 Å². The van der Waals surface area contributed by atoms with E-state index in [4.69, 9.17) is 9.47 Å². The number of hydrogen-bond donors (Lipinski definition) is 1. The van der Waals surface area contributed by atoms with E-state index in [1.165, 1.54) is 6.92 Å². The monoisotopic (exact) mass is 384 g/mol. The van der Waals surface area contributed by atoms with Crippen molar-refractivity contribution in [3.63, 3.8) is 0 Å². The lowest BCUT2D eigenvalue weighted by molar-refractivity contribution is -0.256. The van der Waals surface area contributed by atoms with Crippen LogP contribution >= 0.6 is 0 Å². The van der Waals surface area contributed by atoms with Crippen LogP contribution in [0.5, 0.6) is 5.75 Å². The average Bonchev–Trinajstić information content (AvgIpc) is 2.72. The van der Waals surface area contributed by atoms with Crippen LogP contribution in [-0.4, -0.2) is 47.2 Å². The Morgan fingerprint density at radius 2 is 2.21 bits per heavy atom. The molecule has 0 aliphatic carbocycles. The van der Waals surface area contributed by atoms with E-state index in [1.54, 1.807) is 19.4 Å². The Morgan fingerprint density at radius 3 is 2.86 bits per heavy atom. The van der Waals surface area contributed by atoms with Crippen LogP contribution in [0.25, 0.3) is 10.9 Å². The van der Waals surface area contributed by atoms with Gasteiger partial charge in [0, 0.05) is 30.6 Å². The molecule has 6 nitrogen and oxygen atoms in total. The summed E-state index contributed by atoms with van der Waals surface area (Å²) in [7, 11) is 1.60. The molecule has 0 saturated carbocycles. The Bertz CT molecular complexity index is 886. The molecule has 0 radical (unpaired) electrons. The summed E-state index contributed by atoms with van der Waals surface area (Å²) >= 11 is 0. The summed E-state index contributed by atoms with van der Waals surface area (Å²) < 4.78 is 11.0. The van der Waals surface area contributed by atoms with Crippen molar-refractivity contribution in [1.82, 2.24) is 9.88 Å². The number of pyridine rings is 1. The Balaban J connectivity index is 1.83. The van der Waals surface area contributed by atoms with Crippen LogP contribution in [-0.2, 0) is 15.3 Å². The molecular weight excluding hydrogens is 356 g/mol. The van der Waals surface area contributed by atoms with Crippen LogP contribution in [0.3, 0.4) is 0 Å². The Kier molecular flexibility index (Phi) is 5.02. The topological polar surface area (TPSA) is 71.9 Å². The first kappa shape index (κ1) is 19.2. The lowest BCUT2D eigenvalue weighted by atomic mass is 9.71. The lowest BCUT2D eigenvalue weighted by Crippen LogP contribution is -2.62.